The van der Waals surface area contributed by atoms with Gasteiger partial charge in [0.1, 0.15) is 12.3 Å². The predicted molar refractivity (Wildman–Crippen MR) is 71.5 cm³/mol. The topological polar surface area (TPSA) is 78.9 Å². The highest BCUT2D eigenvalue weighted by atomic mass is 16.5. The summed E-state index contributed by atoms with van der Waals surface area (Å²) in [6.07, 6.45) is 0. The number of carboxylic acids is 1. The zero-order chi connectivity index (χ0) is 14.3. The second-order valence-corrected chi connectivity index (χ2v) is 3.80. The van der Waals surface area contributed by atoms with Crippen LogP contribution in [0.5, 0.6) is 5.75 Å². The van der Waals surface area contributed by atoms with Crippen molar-refractivity contribution in [2.45, 2.75) is 13.8 Å². The van der Waals surface area contributed by atoms with Crippen LogP contribution in [0.3, 0.4) is 0 Å². The summed E-state index contributed by atoms with van der Waals surface area (Å²) in [5.41, 5.74) is 0.569. The van der Waals surface area contributed by atoms with E-state index in [9.17, 15) is 9.59 Å². The van der Waals surface area contributed by atoms with Crippen molar-refractivity contribution in [1.29, 1.82) is 0 Å². The Morgan fingerprint density at radius 1 is 1.37 bits per heavy atom. The molecule has 6 heteroatoms. The molecule has 2 amide bonds. The van der Waals surface area contributed by atoms with E-state index in [0.717, 1.165) is 0 Å². The highest BCUT2D eigenvalue weighted by molar-refractivity contribution is 5.91. The number of carboxylic acid groups (broad SMARTS) is 1. The third-order valence-electron chi connectivity index (χ3n) is 2.39. The lowest BCUT2D eigenvalue weighted by atomic mass is 10.3. The van der Waals surface area contributed by atoms with E-state index in [4.69, 9.17) is 9.84 Å². The summed E-state index contributed by atoms with van der Waals surface area (Å²) in [5, 5.41) is 11.3. The average Bonchev–Trinajstić information content (AvgIpc) is 2.36. The number of carbonyl (C=O) groups is 2. The average molecular weight is 266 g/mol. The summed E-state index contributed by atoms with van der Waals surface area (Å²) >= 11 is 0. The van der Waals surface area contributed by atoms with Crippen molar-refractivity contribution >= 4 is 17.7 Å². The van der Waals surface area contributed by atoms with Crippen molar-refractivity contribution < 1.29 is 19.4 Å². The molecule has 0 fully saturated rings. The van der Waals surface area contributed by atoms with E-state index < -0.39 is 12.0 Å². The van der Waals surface area contributed by atoms with Crippen LogP contribution in [0.15, 0.2) is 24.3 Å². The van der Waals surface area contributed by atoms with Gasteiger partial charge in [-0.05, 0) is 26.0 Å². The molecule has 2 N–H and O–H groups in total. The van der Waals surface area contributed by atoms with E-state index >= 15 is 0 Å². The minimum atomic E-state index is -1.04. The Morgan fingerprint density at radius 3 is 2.68 bits per heavy atom. The number of nitrogens with zero attached hydrogens (tertiary/aromatic N) is 1. The molecule has 1 aromatic rings. The molecule has 1 rings (SSSR count). The number of hydrogen-bond donors (Lipinski definition) is 2. The summed E-state index contributed by atoms with van der Waals surface area (Å²) in [4.78, 5) is 23.7. The van der Waals surface area contributed by atoms with Gasteiger partial charge in [-0.2, -0.15) is 0 Å². The van der Waals surface area contributed by atoms with Gasteiger partial charge in [-0.3, -0.25) is 4.79 Å². The molecular formula is C13H18N2O4. The Kier molecular flexibility index (Phi) is 5.66. The van der Waals surface area contributed by atoms with Crippen LogP contribution < -0.4 is 10.1 Å². The highest BCUT2D eigenvalue weighted by Crippen LogP contribution is 2.17. The van der Waals surface area contributed by atoms with Gasteiger partial charge >= 0.3 is 12.0 Å². The molecule has 0 saturated carbocycles. The number of carbonyl (C=O) groups excluding carboxylic acids is 1. The Bertz CT molecular complexity index is 448. The quantitative estimate of drug-likeness (QED) is 0.825. The molecule has 6 nitrogen and oxygen atoms in total. The molecule has 104 valence electrons. The summed E-state index contributed by atoms with van der Waals surface area (Å²) in [7, 11) is 0. The molecule has 0 spiro atoms. The van der Waals surface area contributed by atoms with Crippen molar-refractivity contribution in [2.24, 2.45) is 0 Å². The number of rotatable bonds is 6. The van der Waals surface area contributed by atoms with Gasteiger partial charge in [0, 0.05) is 18.3 Å². The standard InChI is InChI=1S/C13H18N2O4/c1-3-15(9-12(16)17)13(18)14-10-6-5-7-11(8-10)19-4-2/h5-8H,3-4,9H2,1-2H3,(H,14,18)(H,16,17). The number of anilines is 1. The third-order valence-corrected chi connectivity index (χ3v) is 2.39. The number of urea groups is 1. The molecule has 0 heterocycles. The number of nitrogens with one attached hydrogen (secondary N) is 1. The molecule has 0 aliphatic rings. The smallest absolute Gasteiger partial charge is 0.323 e. The van der Waals surface area contributed by atoms with E-state index in [1.165, 1.54) is 4.90 Å². The lowest BCUT2D eigenvalue weighted by molar-refractivity contribution is -0.137. The van der Waals surface area contributed by atoms with E-state index in [0.29, 0.717) is 24.6 Å². The van der Waals surface area contributed by atoms with Gasteiger partial charge in [-0.15, -0.1) is 0 Å². The van der Waals surface area contributed by atoms with Crippen molar-refractivity contribution in [3.8, 4) is 5.75 Å². The van der Waals surface area contributed by atoms with Gasteiger partial charge in [0.25, 0.3) is 0 Å². The van der Waals surface area contributed by atoms with E-state index in [2.05, 4.69) is 5.32 Å². The Balaban J connectivity index is 2.69. The fraction of sp³-hybridized carbons (Fsp3) is 0.385. The fourth-order valence-electron chi connectivity index (χ4n) is 1.52. The summed E-state index contributed by atoms with van der Waals surface area (Å²) in [6.45, 7) is 4.13. The van der Waals surface area contributed by atoms with Gasteiger partial charge in [-0.1, -0.05) is 6.07 Å². The lowest BCUT2D eigenvalue weighted by Crippen LogP contribution is -2.38. The Labute approximate surface area is 112 Å². The number of hydrogen-bond acceptors (Lipinski definition) is 3. The second-order valence-electron chi connectivity index (χ2n) is 3.80. The van der Waals surface area contributed by atoms with Crippen LogP contribution in [0.25, 0.3) is 0 Å². The SMILES string of the molecule is CCOc1cccc(NC(=O)N(CC)CC(=O)O)c1. The molecule has 19 heavy (non-hydrogen) atoms. The molecule has 0 radical (unpaired) electrons. The minimum absolute atomic E-state index is 0.323. The highest BCUT2D eigenvalue weighted by Gasteiger charge is 2.14. The van der Waals surface area contributed by atoms with Crippen LogP contribution in [-0.4, -0.2) is 41.7 Å². The van der Waals surface area contributed by atoms with Gasteiger partial charge in [0.05, 0.1) is 6.61 Å². The lowest BCUT2D eigenvalue weighted by Gasteiger charge is -2.19. The first kappa shape index (κ1) is 14.8. The fourth-order valence-corrected chi connectivity index (χ4v) is 1.52. The molecule has 0 saturated heterocycles. The van der Waals surface area contributed by atoms with Crippen molar-refractivity contribution in [2.75, 3.05) is 25.0 Å². The van der Waals surface area contributed by atoms with E-state index in [1.54, 1.807) is 31.2 Å². The van der Waals surface area contributed by atoms with E-state index in [-0.39, 0.29) is 6.54 Å². The number of aliphatic carboxylic acids is 1. The first-order valence-corrected chi connectivity index (χ1v) is 6.07. The predicted octanol–water partition coefficient (Wildman–Crippen LogP) is 2.02. The summed E-state index contributed by atoms with van der Waals surface area (Å²) in [5.74, 6) is -0.387. The van der Waals surface area contributed by atoms with Crippen molar-refractivity contribution in [1.82, 2.24) is 4.90 Å². The van der Waals surface area contributed by atoms with Gasteiger partial charge in [-0.25, -0.2) is 4.79 Å². The number of likely N-dealkylation sites (N-methyl/N-ethyl adjacent to an activating group) is 1. The molecule has 0 unspecified atom stereocenters. The monoisotopic (exact) mass is 266 g/mol. The molecule has 1 aromatic carbocycles. The number of amides is 2. The minimum Gasteiger partial charge on any atom is -0.494 e. The van der Waals surface area contributed by atoms with Crippen LogP contribution in [-0.2, 0) is 4.79 Å². The van der Waals surface area contributed by atoms with Crippen LogP contribution in [0.4, 0.5) is 10.5 Å². The van der Waals surface area contributed by atoms with Crippen molar-refractivity contribution in [3.63, 3.8) is 0 Å². The molecular weight excluding hydrogens is 248 g/mol. The molecule has 0 aliphatic carbocycles. The van der Waals surface area contributed by atoms with Crippen LogP contribution in [0.2, 0.25) is 0 Å². The normalized spacial score (nSPS) is 9.79. The third kappa shape index (κ3) is 4.87. The number of benzene rings is 1. The Morgan fingerprint density at radius 2 is 2.11 bits per heavy atom. The summed E-state index contributed by atoms with van der Waals surface area (Å²) in [6, 6.07) is 6.51. The summed E-state index contributed by atoms with van der Waals surface area (Å²) < 4.78 is 5.32. The molecule has 0 bridgehead atoms. The van der Waals surface area contributed by atoms with Crippen LogP contribution >= 0.6 is 0 Å². The first-order valence-electron chi connectivity index (χ1n) is 6.07. The molecule has 0 aliphatic heterocycles. The maximum absolute atomic E-state index is 11.9. The van der Waals surface area contributed by atoms with E-state index in [1.807, 2.05) is 6.92 Å². The van der Waals surface area contributed by atoms with Gasteiger partial charge in [0.2, 0.25) is 0 Å². The largest absolute Gasteiger partial charge is 0.494 e. The van der Waals surface area contributed by atoms with Crippen molar-refractivity contribution in [3.05, 3.63) is 24.3 Å². The van der Waals surface area contributed by atoms with Gasteiger partial charge in [0.15, 0.2) is 0 Å². The molecule has 0 aromatic heterocycles. The molecule has 0 atom stereocenters. The maximum atomic E-state index is 11.9. The Hall–Kier alpha value is -2.24. The van der Waals surface area contributed by atoms with Crippen LogP contribution in [0.1, 0.15) is 13.8 Å². The zero-order valence-corrected chi connectivity index (χ0v) is 11.0. The maximum Gasteiger partial charge on any atom is 0.323 e. The van der Waals surface area contributed by atoms with Crippen LogP contribution in [0, 0.1) is 0 Å². The number of ether oxygens (including phenoxy) is 1. The van der Waals surface area contributed by atoms with Gasteiger partial charge < -0.3 is 20.1 Å². The second kappa shape index (κ2) is 7.25. The first-order chi connectivity index (χ1) is 9.06. The zero-order valence-electron chi connectivity index (χ0n) is 11.0.